The normalized spacial score (nSPS) is 16.1. The van der Waals surface area contributed by atoms with Crippen molar-refractivity contribution < 1.29 is 14.7 Å². The first-order valence-corrected chi connectivity index (χ1v) is 7.60. The van der Waals surface area contributed by atoms with E-state index in [-0.39, 0.29) is 11.8 Å². The molecule has 0 aliphatic carbocycles. The number of piperidine rings is 1. The number of amides is 1. The zero-order chi connectivity index (χ0) is 14.5. The van der Waals surface area contributed by atoms with Gasteiger partial charge in [-0.15, -0.1) is 0 Å². The topological polar surface area (TPSA) is 57.6 Å². The van der Waals surface area contributed by atoms with Crippen LogP contribution >= 0.6 is 15.9 Å². The number of carboxylic acids is 1. The number of aryl methyl sites for hydroxylation is 1. The highest BCUT2D eigenvalue weighted by atomic mass is 79.9. The number of hydrogen-bond acceptors (Lipinski definition) is 2. The molecule has 0 unspecified atom stereocenters. The lowest BCUT2D eigenvalue weighted by Crippen LogP contribution is -2.40. The maximum absolute atomic E-state index is 12.1. The monoisotopic (exact) mass is 339 g/mol. The van der Waals surface area contributed by atoms with E-state index in [0.717, 1.165) is 16.5 Å². The molecule has 0 atom stereocenters. The lowest BCUT2D eigenvalue weighted by molar-refractivity contribution is -0.145. The molecule has 0 saturated carbocycles. The lowest BCUT2D eigenvalue weighted by Gasteiger charge is -2.30. The van der Waals surface area contributed by atoms with E-state index >= 15 is 0 Å². The van der Waals surface area contributed by atoms with Crippen LogP contribution < -0.4 is 0 Å². The lowest BCUT2D eigenvalue weighted by atomic mass is 9.96. The number of rotatable bonds is 4. The summed E-state index contributed by atoms with van der Waals surface area (Å²) in [4.78, 5) is 24.7. The van der Waals surface area contributed by atoms with Gasteiger partial charge < -0.3 is 10.0 Å². The van der Waals surface area contributed by atoms with Gasteiger partial charge in [0.25, 0.3) is 0 Å². The molecule has 1 saturated heterocycles. The predicted octanol–water partition coefficient (Wildman–Crippen LogP) is 2.70. The summed E-state index contributed by atoms with van der Waals surface area (Å²) in [6, 6.07) is 7.96. The molecule has 0 bridgehead atoms. The van der Waals surface area contributed by atoms with Crippen molar-refractivity contribution in [3.63, 3.8) is 0 Å². The van der Waals surface area contributed by atoms with Crippen molar-refractivity contribution in [2.45, 2.75) is 25.7 Å². The van der Waals surface area contributed by atoms with E-state index in [1.807, 2.05) is 24.3 Å². The maximum Gasteiger partial charge on any atom is 0.306 e. The van der Waals surface area contributed by atoms with E-state index in [0.29, 0.717) is 32.4 Å². The van der Waals surface area contributed by atoms with Crippen molar-refractivity contribution in [1.82, 2.24) is 4.90 Å². The molecule has 0 spiro atoms. The Kier molecular flexibility index (Phi) is 5.17. The molecule has 0 radical (unpaired) electrons. The van der Waals surface area contributed by atoms with Gasteiger partial charge in [-0.05, 0) is 37.0 Å². The average molecular weight is 340 g/mol. The van der Waals surface area contributed by atoms with Crippen LogP contribution in [0.5, 0.6) is 0 Å². The van der Waals surface area contributed by atoms with Gasteiger partial charge in [0.05, 0.1) is 5.92 Å². The van der Waals surface area contributed by atoms with Crippen molar-refractivity contribution in [1.29, 1.82) is 0 Å². The second-order valence-corrected chi connectivity index (χ2v) is 6.04. The predicted molar refractivity (Wildman–Crippen MR) is 79.4 cm³/mol. The molecule has 1 aromatic carbocycles. The summed E-state index contributed by atoms with van der Waals surface area (Å²) in [7, 11) is 0. The van der Waals surface area contributed by atoms with Crippen LogP contribution in [0, 0.1) is 5.92 Å². The summed E-state index contributed by atoms with van der Waals surface area (Å²) in [5.41, 5.74) is 1.14. The van der Waals surface area contributed by atoms with E-state index in [1.165, 1.54) is 0 Å². The van der Waals surface area contributed by atoms with Crippen LogP contribution in [-0.4, -0.2) is 35.0 Å². The Labute approximate surface area is 126 Å². The van der Waals surface area contributed by atoms with Gasteiger partial charge >= 0.3 is 5.97 Å². The van der Waals surface area contributed by atoms with Crippen LogP contribution in [0.3, 0.4) is 0 Å². The summed E-state index contributed by atoms with van der Waals surface area (Å²) in [6.45, 7) is 1.13. The van der Waals surface area contributed by atoms with Gasteiger partial charge in [0.2, 0.25) is 5.91 Å². The minimum absolute atomic E-state index is 0.122. The standard InChI is InChI=1S/C15H18BrNO3/c16-13-4-1-11(2-5-13)3-6-14(18)17-9-7-12(8-10-17)15(19)20/h1-2,4-5,12H,3,6-10H2,(H,19,20). The van der Waals surface area contributed by atoms with Crippen LogP contribution in [0.4, 0.5) is 0 Å². The SMILES string of the molecule is O=C(O)C1CCN(C(=O)CCc2ccc(Br)cc2)CC1. The molecule has 108 valence electrons. The van der Waals surface area contributed by atoms with Crippen molar-refractivity contribution >= 4 is 27.8 Å². The Morgan fingerprint density at radius 1 is 1.20 bits per heavy atom. The molecule has 1 heterocycles. The van der Waals surface area contributed by atoms with Crippen molar-refractivity contribution in [3.05, 3.63) is 34.3 Å². The number of aliphatic carboxylic acids is 1. The van der Waals surface area contributed by atoms with E-state index in [9.17, 15) is 9.59 Å². The average Bonchev–Trinajstić information content (AvgIpc) is 2.46. The molecule has 5 heteroatoms. The molecule has 1 fully saturated rings. The quantitative estimate of drug-likeness (QED) is 0.917. The molecule has 1 amide bonds. The summed E-state index contributed by atoms with van der Waals surface area (Å²) in [5.74, 6) is -0.908. The Balaban J connectivity index is 1.78. The summed E-state index contributed by atoms with van der Waals surface area (Å²) >= 11 is 3.38. The van der Waals surface area contributed by atoms with Gasteiger partial charge in [-0.1, -0.05) is 28.1 Å². The fourth-order valence-electron chi connectivity index (χ4n) is 2.44. The smallest absolute Gasteiger partial charge is 0.306 e. The van der Waals surface area contributed by atoms with Crippen molar-refractivity contribution in [2.75, 3.05) is 13.1 Å². The molecular formula is C15H18BrNO3. The van der Waals surface area contributed by atoms with Gasteiger partial charge in [-0.2, -0.15) is 0 Å². The number of halogens is 1. The molecule has 2 rings (SSSR count). The first-order chi connectivity index (χ1) is 9.56. The summed E-state index contributed by atoms with van der Waals surface area (Å²) in [6.07, 6.45) is 2.35. The number of carbonyl (C=O) groups excluding carboxylic acids is 1. The molecule has 1 aliphatic rings. The first-order valence-electron chi connectivity index (χ1n) is 6.81. The van der Waals surface area contributed by atoms with Crippen LogP contribution in [-0.2, 0) is 16.0 Å². The highest BCUT2D eigenvalue weighted by molar-refractivity contribution is 9.10. The first kappa shape index (κ1) is 15.0. The molecule has 20 heavy (non-hydrogen) atoms. The second-order valence-electron chi connectivity index (χ2n) is 5.12. The van der Waals surface area contributed by atoms with Gasteiger partial charge in [0, 0.05) is 24.0 Å². The number of carbonyl (C=O) groups is 2. The van der Waals surface area contributed by atoms with Crippen molar-refractivity contribution in [3.8, 4) is 0 Å². The number of benzene rings is 1. The Hall–Kier alpha value is -1.36. The molecule has 1 aliphatic heterocycles. The van der Waals surface area contributed by atoms with E-state index in [2.05, 4.69) is 15.9 Å². The second kappa shape index (κ2) is 6.88. The van der Waals surface area contributed by atoms with Crippen LogP contribution in [0.2, 0.25) is 0 Å². The third kappa shape index (κ3) is 4.07. The maximum atomic E-state index is 12.1. The minimum atomic E-state index is -0.744. The molecular weight excluding hydrogens is 322 g/mol. The molecule has 4 nitrogen and oxygen atoms in total. The zero-order valence-electron chi connectivity index (χ0n) is 11.2. The van der Waals surface area contributed by atoms with E-state index in [4.69, 9.17) is 5.11 Å². The third-order valence-electron chi connectivity index (χ3n) is 3.74. The minimum Gasteiger partial charge on any atom is -0.481 e. The molecule has 1 N–H and O–H groups in total. The summed E-state index contributed by atoms with van der Waals surface area (Å²) in [5, 5.41) is 8.93. The largest absolute Gasteiger partial charge is 0.481 e. The van der Waals surface area contributed by atoms with Gasteiger partial charge in [-0.25, -0.2) is 0 Å². The Morgan fingerprint density at radius 3 is 2.35 bits per heavy atom. The highest BCUT2D eigenvalue weighted by Gasteiger charge is 2.26. The highest BCUT2D eigenvalue weighted by Crippen LogP contribution is 2.18. The number of nitrogens with zero attached hydrogens (tertiary/aromatic N) is 1. The van der Waals surface area contributed by atoms with Crippen LogP contribution in [0.15, 0.2) is 28.7 Å². The summed E-state index contributed by atoms with van der Waals surface area (Å²) < 4.78 is 1.03. The van der Waals surface area contributed by atoms with Crippen molar-refractivity contribution in [2.24, 2.45) is 5.92 Å². The zero-order valence-corrected chi connectivity index (χ0v) is 12.8. The Morgan fingerprint density at radius 2 is 1.80 bits per heavy atom. The molecule has 1 aromatic rings. The van der Waals surface area contributed by atoms with E-state index in [1.54, 1.807) is 4.90 Å². The van der Waals surface area contributed by atoms with Gasteiger partial charge in [-0.3, -0.25) is 9.59 Å². The van der Waals surface area contributed by atoms with Crippen LogP contribution in [0.1, 0.15) is 24.8 Å². The fraction of sp³-hybridized carbons (Fsp3) is 0.467. The number of carboxylic acid groups (broad SMARTS) is 1. The van der Waals surface area contributed by atoms with Gasteiger partial charge in [0.1, 0.15) is 0 Å². The number of likely N-dealkylation sites (tertiary alicyclic amines) is 1. The number of hydrogen-bond donors (Lipinski definition) is 1. The van der Waals surface area contributed by atoms with Crippen LogP contribution in [0.25, 0.3) is 0 Å². The van der Waals surface area contributed by atoms with E-state index < -0.39 is 5.97 Å². The Bertz CT molecular complexity index is 478. The third-order valence-corrected chi connectivity index (χ3v) is 4.27. The fourth-order valence-corrected chi connectivity index (χ4v) is 2.70. The van der Waals surface area contributed by atoms with Gasteiger partial charge in [0.15, 0.2) is 0 Å². The molecule has 0 aromatic heterocycles.